The number of carboxylic acid groups (broad SMARTS) is 1. The number of amides is 1. The van der Waals surface area contributed by atoms with E-state index in [0.717, 1.165) is 6.42 Å². The fourth-order valence-corrected chi connectivity index (χ4v) is 1.84. The number of hydrogen-bond donors (Lipinski definition) is 2. The molecule has 92 valence electrons. The van der Waals surface area contributed by atoms with Gasteiger partial charge in [-0.3, -0.25) is 4.79 Å². The molecule has 0 saturated heterocycles. The van der Waals surface area contributed by atoms with Crippen LogP contribution in [-0.2, 0) is 9.59 Å². The topological polar surface area (TPSA) is 66.4 Å². The Balaban J connectivity index is 2.79. The molecule has 4 nitrogen and oxygen atoms in total. The maximum Gasteiger partial charge on any atom is 0.471 e. The van der Waals surface area contributed by atoms with E-state index in [9.17, 15) is 22.8 Å². The van der Waals surface area contributed by atoms with E-state index in [-0.39, 0.29) is 12.8 Å². The van der Waals surface area contributed by atoms with Crippen LogP contribution < -0.4 is 5.32 Å². The maximum atomic E-state index is 12.0. The molecule has 1 amide bonds. The predicted octanol–water partition coefficient (Wildman–Crippen LogP) is 1.45. The van der Waals surface area contributed by atoms with Crippen LogP contribution in [-0.4, -0.2) is 28.7 Å². The number of hydrogen-bond acceptors (Lipinski definition) is 2. The van der Waals surface area contributed by atoms with Gasteiger partial charge in [0.25, 0.3) is 0 Å². The molecule has 1 fully saturated rings. The number of rotatable bonds is 2. The summed E-state index contributed by atoms with van der Waals surface area (Å²) in [5, 5.41) is 10.5. The molecule has 7 heteroatoms. The van der Waals surface area contributed by atoms with Gasteiger partial charge in [0.05, 0.1) is 0 Å². The molecule has 0 aromatic rings. The number of nitrogens with one attached hydrogen (secondary N) is 1. The summed E-state index contributed by atoms with van der Waals surface area (Å²) in [5.74, 6) is -3.58. The number of carbonyl (C=O) groups is 2. The molecule has 0 unspecified atom stereocenters. The SMILES string of the molecule is O=C(NC1(C(=O)O)CCCCC1)C(F)(F)F. The highest BCUT2D eigenvalue weighted by atomic mass is 19.4. The molecule has 0 aromatic carbocycles. The number of carbonyl (C=O) groups excluding carboxylic acids is 1. The monoisotopic (exact) mass is 239 g/mol. The van der Waals surface area contributed by atoms with E-state index in [2.05, 4.69) is 0 Å². The molecule has 0 aliphatic heterocycles. The van der Waals surface area contributed by atoms with Gasteiger partial charge in [0, 0.05) is 0 Å². The van der Waals surface area contributed by atoms with Crippen LogP contribution in [0.5, 0.6) is 0 Å². The van der Waals surface area contributed by atoms with Crippen molar-refractivity contribution in [3.63, 3.8) is 0 Å². The molecule has 1 aliphatic rings. The van der Waals surface area contributed by atoms with E-state index in [0.29, 0.717) is 12.8 Å². The minimum absolute atomic E-state index is 0.0458. The van der Waals surface area contributed by atoms with Gasteiger partial charge in [-0.1, -0.05) is 19.3 Å². The van der Waals surface area contributed by atoms with E-state index < -0.39 is 23.6 Å². The third kappa shape index (κ3) is 2.65. The summed E-state index contributed by atoms with van der Waals surface area (Å²) in [6, 6.07) is 0. The van der Waals surface area contributed by atoms with Crippen LogP contribution in [0.3, 0.4) is 0 Å². The van der Waals surface area contributed by atoms with Gasteiger partial charge in [-0.05, 0) is 12.8 Å². The Hall–Kier alpha value is -1.27. The van der Waals surface area contributed by atoms with Gasteiger partial charge < -0.3 is 10.4 Å². The van der Waals surface area contributed by atoms with E-state index in [4.69, 9.17) is 5.11 Å². The zero-order chi connectivity index (χ0) is 12.4. The standard InChI is InChI=1S/C9H12F3NO3/c10-9(11,12)6(14)13-8(7(15)16)4-2-1-3-5-8/h1-5H2,(H,13,14)(H,15,16). The fraction of sp³-hybridized carbons (Fsp3) is 0.778. The second-order valence-electron chi connectivity index (χ2n) is 3.90. The van der Waals surface area contributed by atoms with Gasteiger partial charge in [-0.15, -0.1) is 0 Å². The molecule has 0 bridgehead atoms. The summed E-state index contributed by atoms with van der Waals surface area (Å²) in [5.41, 5.74) is -1.75. The Kier molecular flexibility index (Phi) is 3.44. The minimum Gasteiger partial charge on any atom is -0.480 e. The summed E-state index contributed by atoms with van der Waals surface area (Å²) in [4.78, 5) is 21.7. The highest BCUT2D eigenvalue weighted by Gasteiger charge is 2.47. The van der Waals surface area contributed by atoms with Gasteiger partial charge >= 0.3 is 18.1 Å². The quantitative estimate of drug-likeness (QED) is 0.766. The molecule has 0 aromatic heterocycles. The Labute approximate surface area is 89.8 Å². The zero-order valence-corrected chi connectivity index (χ0v) is 8.43. The van der Waals surface area contributed by atoms with Gasteiger partial charge in [0.1, 0.15) is 5.54 Å². The lowest BCUT2D eigenvalue weighted by molar-refractivity contribution is -0.178. The lowest BCUT2D eigenvalue weighted by Crippen LogP contribution is -2.58. The van der Waals surface area contributed by atoms with Crippen LogP contribution in [0, 0.1) is 0 Å². The summed E-state index contributed by atoms with van der Waals surface area (Å²) in [6.07, 6.45) is -3.17. The Morgan fingerprint density at radius 3 is 2.00 bits per heavy atom. The first kappa shape index (κ1) is 12.8. The van der Waals surface area contributed by atoms with E-state index in [1.807, 2.05) is 0 Å². The lowest BCUT2D eigenvalue weighted by Gasteiger charge is -2.34. The molecule has 0 spiro atoms. The smallest absolute Gasteiger partial charge is 0.471 e. The van der Waals surface area contributed by atoms with E-state index in [1.54, 1.807) is 5.32 Å². The molecule has 1 aliphatic carbocycles. The first-order chi connectivity index (χ1) is 7.28. The molecular formula is C9H12F3NO3. The fourth-order valence-electron chi connectivity index (χ4n) is 1.84. The third-order valence-electron chi connectivity index (χ3n) is 2.73. The van der Waals surface area contributed by atoms with Crippen LogP contribution in [0.4, 0.5) is 13.2 Å². The van der Waals surface area contributed by atoms with Crippen LogP contribution in [0.2, 0.25) is 0 Å². The minimum atomic E-state index is -5.04. The molecule has 0 radical (unpaired) electrons. The van der Waals surface area contributed by atoms with Gasteiger partial charge in [0.2, 0.25) is 0 Å². The van der Waals surface area contributed by atoms with Crippen molar-refractivity contribution in [2.24, 2.45) is 0 Å². The lowest BCUT2D eigenvalue weighted by atomic mass is 9.81. The summed E-state index contributed by atoms with van der Waals surface area (Å²) < 4.78 is 36.1. The van der Waals surface area contributed by atoms with Crippen molar-refractivity contribution in [2.45, 2.75) is 43.8 Å². The van der Waals surface area contributed by atoms with Crippen molar-refractivity contribution in [2.75, 3.05) is 0 Å². The first-order valence-corrected chi connectivity index (χ1v) is 4.91. The Morgan fingerprint density at radius 1 is 1.12 bits per heavy atom. The van der Waals surface area contributed by atoms with Gasteiger partial charge in [-0.2, -0.15) is 13.2 Å². The van der Waals surface area contributed by atoms with Gasteiger partial charge in [0.15, 0.2) is 0 Å². The maximum absolute atomic E-state index is 12.0. The van der Waals surface area contributed by atoms with Crippen molar-refractivity contribution >= 4 is 11.9 Å². The highest BCUT2D eigenvalue weighted by Crippen LogP contribution is 2.29. The summed E-state index contributed by atoms with van der Waals surface area (Å²) in [7, 11) is 0. The highest BCUT2D eigenvalue weighted by molar-refractivity contribution is 5.89. The van der Waals surface area contributed by atoms with Crippen LogP contribution in [0.1, 0.15) is 32.1 Å². The van der Waals surface area contributed by atoms with Crippen molar-refractivity contribution in [1.29, 1.82) is 0 Å². The largest absolute Gasteiger partial charge is 0.480 e. The van der Waals surface area contributed by atoms with Crippen molar-refractivity contribution in [3.8, 4) is 0 Å². The normalized spacial score (nSPS) is 20.2. The summed E-state index contributed by atoms with van der Waals surface area (Å²) in [6.45, 7) is 0. The van der Waals surface area contributed by atoms with Gasteiger partial charge in [-0.25, -0.2) is 4.79 Å². The molecule has 2 N–H and O–H groups in total. The van der Waals surface area contributed by atoms with Crippen molar-refractivity contribution in [3.05, 3.63) is 0 Å². The average Bonchev–Trinajstić information content (AvgIpc) is 2.17. The number of carboxylic acids is 1. The third-order valence-corrected chi connectivity index (χ3v) is 2.73. The summed E-state index contributed by atoms with van der Waals surface area (Å²) >= 11 is 0. The van der Waals surface area contributed by atoms with Crippen LogP contribution >= 0.6 is 0 Å². The second-order valence-corrected chi connectivity index (χ2v) is 3.90. The van der Waals surface area contributed by atoms with E-state index in [1.165, 1.54) is 0 Å². The molecule has 0 atom stereocenters. The Morgan fingerprint density at radius 2 is 1.62 bits per heavy atom. The average molecular weight is 239 g/mol. The van der Waals surface area contributed by atoms with Crippen LogP contribution in [0.15, 0.2) is 0 Å². The van der Waals surface area contributed by atoms with E-state index >= 15 is 0 Å². The first-order valence-electron chi connectivity index (χ1n) is 4.91. The predicted molar refractivity (Wildman–Crippen MR) is 47.6 cm³/mol. The molecular weight excluding hydrogens is 227 g/mol. The molecule has 0 heterocycles. The van der Waals surface area contributed by atoms with Crippen LogP contribution in [0.25, 0.3) is 0 Å². The molecule has 1 saturated carbocycles. The number of halogens is 3. The van der Waals surface area contributed by atoms with Crippen molar-refractivity contribution in [1.82, 2.24) is 5.32 Å². The van der Waals surface area contributed by atoms with Crippen molar-refractivity contribution < 1.29 is 27.9 Å². The zero-order valence-electron chi connectivity index (χ0n) is 8.43. The number of aliphatic carboxylic acids is 1. The second kappa shape index (κ2) is 4.31. The Bertz CT molecular complexity index is 295. The molecule has 1 rings (SSSR count). The molecule has 16 heavy (non-hydrogen) atoms. The number of alkyl halides is 3.